The van der Waals surface area contributed by atoms with Gasteiger partial charge in [0.1, 0.15) is 5.03 Å². The van der Waals surface area contributed by atoms with Crippen LogP contribution in [-0.2, 0) is 0 Å². The molecule has 70 valence electrons. The quantitative estimate of drug-likeness (QED) is 0.813. The van der Waals surface area contributed by atoms with Crippen molar-refractivity contribution in [1.29, 1.82) is 0 Å². The van der Waals surface area contributed by atoms with Crippen LogP contribution in [-0.4, -0.2) is 28.5 Å². The van der Waals surface area contributed by atoms with E-state index in [4.69, 9.17) is 11.6 Å². The van der Waals surface area contributed by atoms with E-state index in [0.717, 1.165) is 18.1 Å². The second kappa shape index (κ2) is 4.26. The van der Waals surface area contributed by atoms with Crippen LogP contribution in [0.25, 0.3) is 0 Å². The summed E-state index contributed by atoms with van der Waals surface area (Å²) in [5, 5.41) is 13.1. The van der Waals surface area contributed by atoms with E-state index in [-0.39, 0.29) is 0 Å². The van der Waals surface area contributed by atoms with Crippen molar-refractivity contribution in [3.05, 3.63) is 17.3 Å². The lowest BCUT2D eigenvalue weighted by Crippen LogP contribution is -2.10. The molecule has 1 N–H and O–H groups in total. The lowest BCUT2D eigenvalue weighted by molar-refractivity contribution is 0.857. The fraction of sp³-hybridized carbons (Fsp3) is 0.500. The highest BCUT2D eigenvalue weighted by Crippen LogP contribution is 2.24. The Bertz CT molecular complexity index is 271. The zero-order chi connectivity index (χ0) is 9.10. The summed E-state index contributed by atoms with van der Waals surface area (Å²) >= 11 is 7.40. The second-order valence-corrected chi connectivity index (χ2v) is 4.63. The number of nitrogens with zero attached hydrogens (tertiary/aromatic N) is 2. The van der Waals surface area contributed by atoms with Crippen LogP contribution in [0, 0.1) is 0 Å². The molecular formula is C8H10ClN3S. The van der Waals surface area contributed by atoms with E-state index < -0.39 is 0 Å². The van der Waals surface area contributed by atoms with Crippen molar-refractivity contribution in [2.75, 3.05) is 13.1 Å². The van der Waals surface area contributed by atoms with Crippen molar-refractivity contribution >= 4 is 23.4 Å². The SMILES string of the molecule is Clc1ccc(S[C@H]2CCNC2)nn1. The molecule has 13 heavy (non-hydrogen) atoms. The predicted octanol–water partition coefficient (Wildman–Crippen LogP) is 1.58. The van der Waals surface area contributed by atoms with Gasteiger partial charge in [-0.15, -0.1) is 10.2 Å². The van der Waals surface area contributed by atoms with E-state index in [2.05, 4.69) is 15.5 Å². The molecule has 0 unspecified atom stereocenters. The van der Waals surface area contributed by atoms with Crippen LogP contribution < -0.4 is 5.32 Å². The Morgan fingerprint density at radius 1 is 1.46 bits per heavy atom. The monoisotopic (exact) mass is 215 g/mol. The average molecular weight is 216 g/mol. The molecule has 0 aromatic carbocycles. The van der Waals surface area contributed by atoms with Gasteiger partial charge in [0.15, 0.2) is 5.15 Å². The van der Waals surface area contributed by atoms with Crippen LogP contribution in [0.5, 0.6) is 0 Å². The fourth-order valence-electron chi connectivity index (χ4n) is 1.27. The van der Waals surface area contributed by atoms with Crippen LogP contribution in [0.2, 0.25) is 5.15 Å². The van der Waals surface area contributed by atoms with Crippen LogP contribution in [0.3, 0.4) is 0 Å². The van der Waals surface area contributed by atoms with Gasteiger partial charge in [0.2, 0.25) is 0 Å². The van der Waals surface area contributed by atoms with Crippen molar-refractivity contribution in [2.45, 2.75) is 16.7 Å². The Labute approximate surface area is 86.3 Å². The highest BCUT2D eigenvalue weighted by Gasteiger charge is 2.16. The first-order valence-corrected chi connectivity index (χ1v) is 5.47. The lowest BCUT2D eigenvalue weighted by Gasteiger charge is -2.05. The van der Waals surface area contributed by atoms with Gasteiger partial charge in [0.05, 0.1) is 0 Å². The van der Waals surface area contributed by atoms with Crippen molar-refractivity contribution in [2.24, 2.45) is 0 Å². The van der Waals surface area contributed by atoms with Gasteiger partial charge in [-0.25, -0.2) is 0 Å². The summed E-state index contributed by atoms with van der Waals surface area (Å²) in [4.78, 5) is 0. The Morgan fingerprint density at radius 3 is 3.00 bits per heavy atom. The van der Waals surface area contributed by atoms with E-state index in [0.29, 0.717) is 10.4 Å². The van der Waals surface area contributed by atoms with Gasteiger partial charge in [0, 0.05) is 11.8 Å². The Kier molecular flexibility index (Phi) is 3.03. The zero-order valence-corrected chi connectivity index (χ0v) is 8.61. The van der Waals surface area contributed by atoms with Gasteiger partial charge in [0.25, 0.3) is 0 Å². The molecule has 0 radical (unpaired) electrons. The third-order valence-electron chi connectivity index (χ3n) is 1.91. The number of halogens is 1. The molecule has 1 aromatic rings. The molecule has 1 saturated heterocycles. The molecule has 2 rings (SSSR count). The third-order valence-corrected chi connectivity index (χ3v) is 3.31. The van der Waals surface area contributed by atoms with Gasteiger partial charge >= 0.3 is 0 Å². The molecule has 1 aliphatic rings. The van der Waals surface area contributed by atoms with Gasteiger partial charge in [-0.1, -0.05) is 23.4 Å². The molecule has 1 fully saturated rings. The Balaban J connectivity index is 1.97. The molecule has 1 atom stereocenters. The molecule has 5 heteroatoms. The normalized spacial score (nSPS) is 22.1. The molecular weight excluding hydrogens is 206 g/mol. The molecule has 1 aromatic heterocycles. The minimum Gasteiger partial charge on any atom is -0.316 e. The number of hydrogen-bond donors (Lipinski definition) is 1. The number of aromatic nitrogens is 2. The molecule has 0 saturated carbocycles. The summed E-state index contributed by atoms with van der Waals surface area (Å²) in [6, 6.07) is 3.69. The predicted molar refractivity (Wildman–Crippen MR) is 54.2 cm³/mol. The molecule has 0 aliphatic carbocycles. The summed E-state index contributed by atoms with van der Waals surface area (Å²) in [7, 11) is 0. The Morgan fingerprint density at radius 2 is 2.38 bits per heavy atom. The summed E-state index contributed by atoms with van der Waals surface area (Å²) in [6.45, 7) is 2.17. The maximum Gasteiger partial charge on any atom is 0.151 e. The largest absolute Gasteiger partial charge is 0.316 e. The number of thioether (sulfide) groups is 1. The first kappa shape index (κ1) is 9.24. The van der Waals surface area contributed by atoms with Gasteiger partial charge in [-0.3, -0.25) is 0 Å². The van der Waals surface area contributed by atoms with E-state index in [1.807, 2.05) is 6.07 Å². The molecule has 0 bridgehead atoms. The number of nitrogens with one attached hydrogen (secondary N) is 1. The third kappa shape index (κ3) is 2.56. The van der Waals surface area contributed by atoms with E-state index >= 15 is 0 Å². The van der Waals surface area contributed by atoms with E-state index in [9.17, 15) is 0 Å². The van der Waals surface area contributed by atoms with Gasteiger partial charge in [-0.05, 0) is 25.1 Å². The van der Waals surface area contributed by atoms with E-state index in [1.165, 1.54) is 6.42 Å². The van der Waals surface area contributed by atoms with Gasteiger partial charge in [-0.2, -0.15) is 0 Å². The molecule has 2 heterocycles. The Hall–Kier alpha value is -0.320. The zero-order valence-electron chi connectivity index (χ0n) is 7.03. The minimum atomic E-state index is 0.453. The fourth-order valence-corrected chi connectivity index (χ4v) is 2.38. The van der Waals surface area contributed by atoms with Crippen LogP contribution >= 0.6 is 23.4 Å². The molecule has 1 aliphatic heterocycles. The van der Waals surface area contributed by atoms with Crippen molar-refractivity contribution in [3.63, 3.8) is 0 Å². The maximum absolute atomic E-state index is 5.63. The van der Waals surface area contributed by atoms with Crippen molar-refractivity contribution in [1.82, 2.24) is 15.5 Å². The van der Waals surface area contributed by atoms with Crippen LogP contribution in [0.4, 0.5) is 0 Å². The summed E-state index contributed by atoms with van der Waals surface area (Å²) in [5.41, 5.74) is 0. The topological polar surface area (TPSA) is 37.8 Å². The second-order valence-electron chi connectivity index (χ2n) is 2.93. The summed E-state index contributed by atoms with van der Waals surface area (Å²) in [5.74, 6) is 0. The summed E-state index contributed by atoms with van der Waals surface area (Å²) < 4.78 is 0. The summed E-state index contributed by atoms with van der Waals surface area (Å²) in [6.07, 6.45) is 1.20. The molecule has 0 spiro atoms. The molecule has 3 nitrogen and oxygen atoms in total. The maximum atomic E-state index is 5.63. The number of hydrogen-bond acceptors (Lipinski definition) is 4. The first-order valence-electron chi connectivity index (χ1n) is 4.21. The van der Waals surface area contributed by atoms with Gasteiger partial charge < -0.3 is 5.32 Å². The first-order chi connectivity index (χ1) is 6.34. The van der Waals surface area contributed by atoms with Crippen LogP contribution in [0.15, 0.2) is 17.2 Å². The number of rotatable bonds is 2. The van der Waals surface area contributed by atoms with Crippen molar-refractivity contribution in [3.8, 4) is 0 Å². The van der Waals surface area contributed by atoms with E-state index in [1.54, 1.807) is 17.8 Å². The molecule has 0 amide bonds. The van der Waals surface area contributed by atoms with Crippen molar-refractivity contribution < 1.29 is 0 Å². The highest BCUT2D eigenvalue weighted by molar-refractivity contribution is 7.99. The lowest BCUT2D eigenvalue weighted by atomic mass is 10.4. The average Bonchev–Trinajstić information content (AvgIpc) is 2.62. The standard InChI is InChI=1S/C8H10ClN3S/c9-7-1-2-8(12-11-7)13-6-3-4-10-5-6/h1-2,6,10H,3-5H2/t6-/m0/s1. The minimum absolute atomic E-state index is 0.453. The van der Waals surface area contributed by atoms with Crippen LogP contribution in [0.1, 0.15) is 6.42 Å². The smallest absolute Gasteiger partial charge is 0.151 e. The highest BCUT2D eigenvalue weighted by atomic mass is 35.5.